The van der Waals surface area contributed by atoms with Crippen molar-refractivity contribution in [1.29, 1.82) is 0 Å². The van der Waals surface area contributed by atoms with Crippen LogP contribution in [0, 0.1) is 5.92 Å². The standard InChI is InChI=1S/C11H18N4/c1-8-3-4-9(2)15(7-8)11-10(12)13-5-6-14-11/h5-6,8-9H,3-4,7H2,1-2H3,(H2,12,13). The van der Waals surface area contributed by atoms with Gasteiger partial charge in [-0.25, -0.2) is 9.97 Å². The second-order valence-electron chi connectivity index (χ2n) is 4.45. The van der Waals surface area contributed by atoms with E-state index >= 15 is 0 Å². The molecule has 0 radical (unpaired) electrons. The monoisotopic (exact) mass is 206 g/mol. The minimum Gasteiger partial charge on any atom is -0.381 e. The topological polar surface area (TPSA) is 55.0 Å². The summed E-state index contributed by atoms with van der Waals surface area (Å²) in [5, 5.41) is 0. The second-order valence-corrected chi connectivity index (χ2v) is 4.45. The summed E-state index contributed by atoms with van der Waals surface area (Å²) in [7, 11) is 0. The number of aromatic nitrogens is 2. The average Bonchev–Trinajstić information content (AvgIpc) is 2.23. The Labute approximate surface area is 90.5 Å². The summed E-state index contributed by atoms with van der Waals surface area (Å²) in [6, 6.07) is 0.514. The first-order valence-electron chi connectivity index (χ1n) is 5.51. The highest BCUT2D eigenvalue weighted by Crippen LogP contribution is 2.28. The molecule has 2 N–H and O–H groups in total. The van der Waals surface area contributed by atoms with Gasteiger partial charge < -0.3 is 10.6 Å². The van der Waals surface area contributed by atoms with Crippen LogP contribution in [0.2, 0.25) is 0 Å². The number of piperidine rings is 1. The molecule has 1 aromatic heterocycles. The number of nitrogens with two attached hydrogens (primary N) is 1. The Bertz CT molecular complexity index is 339. The maximum Gasteiger partial charge on any atom is 0.171 e. The molecule has 2 unspecified atom stereocenters. The van der Waals surface area contributed by atoms with Gasteiger partial charge in [0.1, 0.15) is 0 Å². The molecule has 0 aliphatic carbocycles. The third-order valence-corrected chi connectivity index (χ3v) is 3.10. The van der Waals surface area contributed by atoms with Crippen molar-refractivity contribution in [1.82, 2.24) is 9.97 Å². The summed E-state index contributed by atoms with van der Waals surface area (Å²) in [5.41, 5.74) is 5.84. The van der Waals surface area contributed by atoms with E-state index in [0.29, 0.717) is 17.8 Å². The zero-order valence-corrected chi connectivity index (χ0v) is 9.35. The number of rotatable bonds is 1. The van der Waals surface area contributed by atoms with Crippen LogP contribution >= 0.6 is 0 Å². The van der Waals surface area contributed by atoms with Gasteiger partial charge in [-0.2, -0.15) is 0 Å². The predicted octanol–water partition coefficient (Wildman–Crippen LogP) is 1.68. The lowest BCUT2D eigenvalue weighted by Crippen LogP contribution is -2.42. The molecule has 82 valence electrons. The summed E-state index contributed by atoms with van der Waals surface area (Å²) >= 11 is 0. The van der Waals surface area contributed by atoms with Gasteiger partial charge >= 0.3 is 0 Å². The SMILES string of the molecule is CC1CCC(C)N(c2nccnc2N)C1. The predicted molar refractivity (Wildman–Crippen MR) is 61.7 cm³/mol. The molecule has 1 aliphatic heterocycles. The van der Waals surface area contributed by atoms with E-state index < -0.39 is 0 Å². The highest BCUT2D eigenvalue weighted by Gasteiger charge is 2.25. The number of hydrogen-bond acceptors (Lipinski definition) is 4. The van der Waals surface area contributed by atoms with Crippen LogP contribution in [0.25, 0.3) is 0 Å². The molecule has 0 saturated carbocycles. The molecule has 0 bridgehead atoms. The Kier molecular flexibility index (Phi) is 2.75. The molecule has 0 aromatic carbocycles. The van der Waals surface area contributed by atoms with Gasteiger partial charge in [-0.3, -0.25) is 0 Å². The lowest BCUT2D eigenvalue weighted by Gasteiger charge is -2.37. The summed E-state index contributed by atoms with van der Waals surface area (Å²) in [6.07, 6.45) is 5.84. The van der Waals surface area contributed by atoms with Crippen LogP contribution in [-0.4, -0.2) is 22.6 Å². The van der Waals surface area contributed by atoms with Crippen molar-refractivity contribution in [2.24, 2.45) is 5.92 Å². The summed E-state index contributed by atoms with van der Waals surface area (Å²) < 4.78 is 0. The van der Waals surface area contributed by atoms with Gasteiger partial charge in [-0.05, 0) is 25.7 Å². The summed E-state index contributed by atoms with van der Waals surface area (Å²) in [4.78, 5) is 10.7. The van der Waals surface area contributed by atoms with E-state index in [1.165, 1.54) is 12.8 Å². The molecule has 1 saturated heterocycles. The normalized spacial score (nSPS) is 26.7. The number of anilines is 2. The van der Waals surface area contributed by atoms with Crippen LogP contribution in [0.1, 0.15) is 26.7 Å². The maximum atomic E-state index is 5.84. The summed E-state index contributed by atoms with van der Waals surface area (Å²) in [5.74, 6) is 2.10. The molecule has 1 aromatic rings. The maximum absolute atomic E-state index is 5.84. The number of nitrogen functional groups attached to an aromatic ring is 1. The Hall–Kier alpha value is -1.32. The fourth-order valence-corrected chi connectivity index (χ4v) is 2.15. The van der Waals surface area contributed by atoms with Crippen molar-refractivity contribution in [2.75, 3.05) is 17.2 Å². The van der Waals surface area contributed by atoms with Crippen molar-refractivity contribution in [3.63, 3.8) is 0 Å². The zero-order chi connectivity index (χ0) is 10.8. The van der Waals surface area contributed by atoms with Crippen molar-refractivity contribution < 1.29 is 0 Å². The molecule has 4 heteroatoms. The Morgan fingerprint density at radius 1 is 1.27 bits per heavy atom. The van der Waals surface area contributed by atoms with E-state index in [1.807, 2.05) is 0 Å². The third-order valence-electron chi connectivity index (χ3n) is 3.10. The van der Waals surface area contributed by atoms with Gasteiger partial charge in [0, 0.05) is 25.0 Å². The molecule has 0 spiro atoms. The third kappa shape index (κ3) is 2.03. The van der Waals surface area contributed by atoms with Crippen molar-refractivity contribution in [2.45, 2.75) is 32.7 Å². The molecular formula is C11H18N4. The van der Waals surface area contributed by atoms with E-state index in [2.05, 4.69) is 28.7 Å². The minimum atomic E-state index is 0.514. The molecule has 15 heavy (non-hydrogen) atoms. The molecule has 4 nitrogen and oxygen atoms in total. The lowest BCUT2D eigenvalue weighted by atomic mass is 9.95. The van der Waals surface area contributed by atoms with Gasteiger partial charge in [-0.1, -0.05) is 6.92 Å². The Balaban J connectivity index is 2.25. The second kappa shape index (κ2) is 4.04. The molecule has 2 heterocycles. The number of nitrogens with zero attached hydrogens (tertiary/aromatic N) is 3. The molecule has 2 atom stereocenters. The molecular weight excluding hydrogens is 188 g/mol. The van der Waals surface area contributed by atoms with Gasteiger partial charge in [0.25, 0.3) is 0 Å². The first kappa shape index (κ1) is 10.2. The highest BCUT2D eigenvalue weighted by molar-refractivity contribution is 5.58. The first-order chi connectivity index (χ1) is 7.18. The van der Waals surface area contributed by atoms with E-state index in [1.54, 1.807) is 12.4 Å². The lowest BCUT2D eigenvalue weighted by molar-refractivity contribution is 0.388. The van der Waals surface area contributed by atoms with Gasteiger partial charge in [0.05, 0.1) is 0 Å². The van der Waals surface area contributed by atoms with Crippen LogP contribution in [0.4, 0.5) is 11.6 Å². The minimum absolute atomic E-state index is 0.514. The van der Waals surface area contributed by atoms with E-state index in [-0.39, 0.29) is 0 Å². The van der Waals surface area contributed by atoms with Gasteiger partial charge in [0.2, 0.25) is 0 Å². The van der Waals surface area contributed by atoms with E-state index in [0.717, 1.165) is 12.4 Å². The molecule has 1 fully saturated rings. The average molecular weight is 206 g/mol. The molecule has 2 rings (SSSR count). The van der Waals surface area contributed by atoms with Crippen LogP contribution in [0.3, 0.4) is 0 Å². The largest absolute Gasteiger partial charge is 0.381 e. The quantitative estimate of drug-likeness (QED) is 0.759. The van der Waals surface area contributed by atoms with Gasteiger partial charge in [-0.15, -0.1) is 0 Å². The highest BCUT2D eigenvalue weighted by atomic mass is 15.2. The van der Waals surface area contributed by atoms with E-state index in [9.17, 15) is 0 Å². The molecule has 0 amide bonds. The smallest absolute Gasteiger partial charge is 0.171 e. The van der Waals surface area contributed by atoms with Crippen LogP contribution in [-0.2, 0) is 0 Å². The Morgan fingerprint density at radius 2 is 2.00 bits per heavy atom. The molecule has 1 aliphatic rings. The van der Waals surface area contributed by atoms with Crippen molar-refractivity contribution >= 4 is 11.6 Å². The first-order valence-corrected chi connectivity index (χ1v) is 5.51. The van der Waals surface area contributed by atoms with Crippen LogP contribution in [0.15, 0.2) is 12.4 Å². The summed E-state index contributed by atoms with van der Waals surface area (Å²) in [6.45, 7) is 5.52. The van der Waals surface area contributed by atoms with Crippen LogP contribution in [0.5, 0.6) is 0 Å². The van der Waals surface area contributed by atoms with Crippen LogP contribution < -0.4 is 10.6 Å². The van der Waals surface area contributed by atoms with Crippen molar-refractivity contribution in [3.05, 3.63) is 12.4 Å². The van der Waals surface area contributed by atoms with E-state index in [4.69, 9.17) is 5.73 Å². The van der Waals surface area contributed by atoms with Gasteiger partial charge in [0.15, 0.2) is 11.6 Å². The Morgan fingerprint density at radius 3 is 2.73 bits per heavy atom. The fraction of sp³-hybridized carbons (Fsp3) is 0.636. The fourth-order valence-electron chi connectivity index (χ4n) is 2.15. The zero-order valence-electron chi connectivity index (χ0n) is 9.35. The van der Waals surface area contributed by atoms with Crippen molar-refractivity contribution in [3.8, 4) is 0 Å². The number of hydrogen-bond donors (Lipinski definition) is 1.